The van der Waals surface area contributed by atoms with Crippen molar-refractivity contribution in [1.29, 1.82) is 0 Å². The molecule has 9 atom stereocenters. The molecule has 4 rings (SSSR count). The van der Waals surface area contributed by atoms with Crippen LogP contribution in [0.25, 0.3) is 0 Å². The number of nitrogens with one attached hydrogen (secondary N) is 1. The van der Waals surface area contributed by atoms with Gasteiger partial charge in [0, 0.05) is 17.2 Å². The predicted molar refractivity (Wildman–Crippen MR) is 114 cm³/mol. The SMILES string of the molecule is C[C@]12CCC3C(CC[C@H]4C[C@@H](O)CC[C@]34C)[C@@H]1CC[C@@H]2NC(=O)COS(=O)(O)=S. The van der Waals surface area contributed by atoms with Crippen molar-refractivity contribution in [2.75, 3.05) is 6.61 Å². The molecule has 0 aliphatic heterocycles. The topological polar surface area (TPSA) is 95.9 Å². The van der Waals surface area contributed by atoms with E-state index in [4.69, 9.17) is 4.55 Å². The van der Waals surface area contributed by atoms with Gasteiger partial charge < -0.3 is 10.4 Å². The number of rotatable bonds is 4. The van der Waals surface area contributed by atoms with Gasteiger partial charge in [-0.1, -0.05) is 13.8 Å². The van der Waals surface area contributed by atoms with Gasteiger partial charge in [0.15, 0.2) is 0 Å². The molecule has 0 bridgehead atoms. The van der Waals surface area contributed by atoms with Gasteiger partial charge in [0.25, 0.3) is 9.05 Å². The molecule has 6 nitrogen and oxygen atoms in total. The zero-order valence-corrected chi connectivity index (χ0v) is 19.1. The van der Waals surface area contributed by atoms with Crippen LogP contribution in [0.5, 0.6) is 0 Å². The standard InChI is InChI=1S/C21H35NO5S2/c1-20-9-7-14(23)11-13(20)3-4-15-16-5-6-18(21(16,2)10-8-17(15)20)22-19(24)12-27-29(25,26)28/h13-18,23H,3-12H2,1-2H3,(H,22,24)(H,25,26,28)/t13-,14-,15?,16-,17?,18-,20-,21-/m0/s1. The first-order valence-electron chi connectivity index (χ1n) is 11.1. The quantitative estimate of drug-likeness (QED) is 0.616. The van der Waals surface area contributed by atoms with Crippen molar-refractivity contribution in [3.05, 3.63) is 0 Å². The van der Waals surface area contributed by atoms with E-state index in [0.29, 0.717) is 23.2 Å². The first kappa shape index (κ1) is 21.9. The van der Waals surface area contributed by atoms with E-state index in [0.717, 1.165) is 44.4 Å². The average Bonchev–Trinajstić information content (AvgIpc) is 2.96. The lowest BCUT2D eigenvalue weighted by atomic mass is 9.45. The van der Waals surface area contributed by atoms with E-state index >= 15 is 0 Å². The Balaban J connectivity index is 1.45. The number of hydrogen-bond acceptors (Lipinski definition) is 5. The zero-order chi connectivity index (χ0) is 21.0. The maximum atomic E-state index is 12.3. The molecule has 3 N–H and O–H groups in total. The maximum Gasteiger partial charge on any atom is 0.267 e. The molecular weight excluding hydrogens is 410 g/mol. The Labute approximate surface area is 179 Å². The number of carbonyl (C=O) groups is 1. The first-order valence-corrected chi connectivity index (χ1v) is 13.5. The van der Waals surface area contributed by atoms with Gasteiger partial charge >= 0.3 is 0 Å². The molecule has 0 radical (unpaired) electrons. The maximum absolute atomic E-state index is 12.3. The molecule has 4 aliphatic rings. The molecule has 166 valence electrons. The number of hydrogen-bond donors (Lipinski definition) is 3. The number of carbonyl (C=O) groups excluding carboxylic acids is 1. The van der Waals surface area contributed by atoms with Crippen molar-refractivity contribution < 1.29 is 22.8 Å². The van der Waals surface area contributed by atoms with Crippen LogP contribution < -0.4 is 5.32 Å². The minimum absolute atomic E-state index is 0.0722. The van der Waals surface area contributed by atoms with Crippen LogP contribution in [0.1, 0.15) is 71.6 Å². The van der Waals surface area contributed by atoms with Crippen LogP contribution in [0, 0.1) is 34.5 Å². The molecule has 0 aromatic heterocycles. The summed E-state index contributed by atoms with van der Waals surface area (Å²) in [4.78, 5) is 12.3. The highest BCUT2D eigenvalue weighted by Crippen LogP contribution is 2.66. The fourth-order valence-electron chi connectivity index (χ4n) is 7.84. The van der Waals surface area contributed by atoms with E-state index in [1.807, 2.05) is 0 Å². The Morgan fingerprint density at radius 1 is 1.10 bits per heavy atom. The van der Waals surface area contributed by atoms with E-state index in [1.165, 1.54) is 19.3 Å². The molecule has 1 amide bonds. The Morgan fingerprint density at radius 3 is 2.52 bits per heavy atom. The average molecular weight is 446 g/mol. The molecule has 0 heterocycles. The molecule has 4 aliphatic carbocycles. The predicted octanol–water partition coefficient (Wildman–Crippen LogP) is 3.03. The van der Waals surface area contributed by atoms with E-state index in [-0.39, 0.29) is 23.5 Å². The largest absolute Gasteiger partial charge is 0.393 e. The van der Waals surface area contributed by atoms with Crippen molar-refractivity contribution in [2.45, 2.75) is 83.8 Å². The summed E-state index contributed by atoms with van der Waals surface area (Å²) in [5, 5.41) is 13.3. The summed E-state index contributed by atoms with van der Waals surface area (Å²) in [7, 11) is -3.77. The van der Waals surface area contributed by atoms with E-state index in [9.17, 15) is 14.1 Å². The summed E-state index contributed by atoms with van der Waals surface area (Å²) >= 11 is 4.29. The van der Waals surface area contributed by atoms with Gasteiger partial charge in [-0.05, 0) is 92.3 Å². The van der Waals surface area contributed by atoms with Crippen LogP contribution in [0.4, 0.5) is 0 Å². The molecule has 0 aromatic carbocycles. The molecule has 0 saturated heterocycles. The second-order valence-corrected chi connectivity index (χ2v) is 12.9. The second kappa shape index (κ2) is 7.69. The Hall–Kier alpha value is -0.280. The van der Waals surface area contributed by atoms with Crippen LogP contribution in [-0.4, -0.2) is 38.5 Å². The van der Waals surface area contributed by atoms with Crippen molar-refractivity contribution in [3.8, 4) is 0 Å². The van der Waals surface area contributed by atoms with Gasteiger partial charge in [-0.3, -0.25) is 13.5 Å². The van der Waals surface area contributed by atoms with Gasteiger partial charge in [-0.25, -0.2) is 0 Å². The Morgan fingerprint density at radius 2 is 1.79 bits per heavy atom. The van der Waals surface area contributed by atoms with Crippen molar-refractivity contribution in [1.82, 2.24) is 5.32 Å². The van der Waals surface area contributed by atoms with Crippen molar-refractivity contribution in [3.63, 3.8) is 0 Å². The molecular formula is C21H35NO5S2. The lowest BCUT2D eigenvalue weighted by molar-refractivity contribution is -0.131. The van der Waals surface area contributed by atoms with Gasteiger partial charge in [0.2, 0.25) is 5.91 Å². The summed E-state index contributed by atoms with van der Waals surface area (Å²) in [5.41, 5.74) is 0.423. The van der Waals surface area contributed by atoms with Gasteiger partial charge in [-0.15, -0.1) is 0 Å². The van der Waals surface area contributed by atoms with E-state index in [2.05, 4.69) is 34.5 Å². The number of amides is 1. The van der Waals surface area contributed by atoms with Crippen molar-refractivity contribution >= 4 is 26.1 Å². The molecule has 0 spiro atoms. The molecule has 4 fully saturated rings. The van der Waals surface area contributed by atoms with Gasteiger partial charge in [0.1, 0.15) is 6.61 Å². The lowest BCUT2D eigenvalue weighted by Crippen LogP contribution is -2.56. The molecule has 3 unspecified atom stereocenters. The fourth-order valence-corrected chi connectivity index (χ4v) is 8.24. The zero-order valence-electron chi connectivity index (χ0n) is 17.5. The monoisotopic (exact) mass is 445 g/mol. The molecule has 8 heteroatoms. The highest BCUT2D eigenvalue weighted by atomic mass is 32.9. The molecule has 0 aromatic rings. The third-order valence-corrected chi connectivity index (χ3v) is 10.0. The third-order valence-electron chi connectivity index (χ3n) is 9.31. The minimum atomic E-state index is -3.77. The minimum Gasteiger partial charge on any atom is -0.393 e. The highest BCUT2D eigenvalue weighted by Gasteiger charge is 2.60. The lowest BCUT2D eigenvalue weighted by Gasteiger charge is -2.60. The Bertz CT molecular complexity index is 758. The summed E-state index contributed by atoms with van der Waals surface area (Å²) in [6, 6.07) is 0.0862. The van der Waals surface area contributed by atoms with Gasteiger partial charge in [0.05, 0.1) is 6.10 Å². The molecule has 29 heavy (non-hydrogen) atoms. The summed E-state index contributed by atoms with van der Waals surface area (Å²) in [6.45, 7) is 4.34. The highest BCUT2D eigenvalue weighted by molar-refractivity contribution is 8.27. The van der Waals surface area contributed by atoms with Crippen LogP contribution in [0.2, 0.25) is 0 Å². The normalized spacial score (nSPS) is 48.7. The smallest absolute Gasteiger partial charge is 0.267 e. The Kier molecular flexibility index (Phi) is 5.82. The summed E-state index contributed by atoms with van der Waals surface area (Å²) in [6.07, 6.45) is 9.78. The summed E-state index contributed by atoms with van der Waals surface area (Å²) in [5.74, 6) is 2.33. The van der Waals surface area contributed by atoms with E-state index < -0.39 is 15.7 Å². The number of aliphatic hydroxyl groups excluding tert-OH is 1. The number of aliphatic hydroxyl groups is 1. The van der Waals surface area contributed by atoms with Crippen LogP contribution in [0.15, 0.2) is 0 Å². The van der Waals surface area contributed by atoms with Crippen LogP contribution in [-0.2, 0) is 29.2 Å². The number of fused-ring (bicyclic) bond motifs is 5. The van der Waals surface area contributed by atoms with Gasteiger partial charge in [-0.2, -0.15) is 4.21 Å². The second-order valence-electron chi connectivity index (χ2n) is 10.5. The van der Waals surface area contributed by atoms with Crippen LogP contribution in [0.3, 0.4) is 0 Å². The fraction of sp³-hybridized carbons (Fsp3) is 0.952. The molecule has 4 saturated carbocycles. The summed E-state index contributed by atoms with van der Waals surface area (Å²) < 4.78 is 24.8. The van der Waals surface area contributed by atoms with Crippen molar-refractivity contribution in [2.24, 2.45) is 34.5 Å². The first-order chi connectivity index (χ1) is 13.5. The third kappa shape index (κ3) is 4.00. The van der Waals surface area contributed by atoms with Crippen LogP contribution >= 0.6 is 0 Å². The van der Waals surface area contributed by atoms with E-state index in [1.54, 1.807) is 0 Å².